The van der Waals surface area contributed by atoms with E-state index in [1.165, 1.54) is 11.1 Å². The van der Waals surface area contributed by atoms with Gasteiger partial charge in [-0.25, -0.2) is 0 Å². The minimum absolute atomic E-state index is 0.0307. The summed E-state index contributed by atoms with van der Waals surface area (Å²) in [5, 5.41) is 0. The van der Waals surface area contributed by atoms with E-state index in [0.29, 0.717) is 0 Å². The van der Waals surface area contributed by atoms with Crippen LogP contribution >= 0.6 is 0 Å². The molecule has 0 unspecified atom stereocenters. The van der Waals surface area contributed by atoms with E-state index in [-0.39, 0.29) is 11.2 Å². The van der Waals surface area contributed by atoms with Gasteiger partial charge in [-0.3, -0.25) is 0 Å². The van der Waals surface area contributed by atoms with Gasteiger partial charge in [0.25, 0.3) is 0 Å². The fourth-order valence-electron chi connectivity index (χ4n) is 3.81. The Balaban J connectivity index is 1.73. The molecule has 0 aliphatic carbocycles. The minimum Gasteiger partial charge on any atom is -0.359 e. The predicted octanol–water partition coefficient (Wildman–Crippen LogP) is 4.38. The standard InChI is InChI=1S/C18H18O/c1-3-7-15(8-4-1)17-11-13-18(19-17,14-12-17)16-9-5-2-6-10-16/h1-10H,11-14H2. The lowest BCUT2D eigenvalue weighted by Crippen LogP contribution is -2.21. The van der Waals surface area contributed by atoms with Gasteiger partial charge in [-0.05, 0) is 36.8 Å². The van der Waals surface area contributed by atoms with Crippen LogP contribution < -0.4 is 0 Å². The quantitative estimate of drug-likeness (QED) is 0.768. The SMILES string of the molecule is c1ccc(C23CCC(c4ccccc4)(CC2)O3)cc1. The molecule has 4 rings (SSSR count). The molecule has 0 radical (unpaired) electrons. The molecule has 96 valence electrons. The van der Waals surface area contributed by atoms with Crippen LogP contribution in [0.1, 0.15) is 36.8 Å². The highest BCUT2D eigenvalue weighted by Gasteiger charge is 2.56. The third-order valence-electron chi connectivity index (χ3n) is 4.86. The van der Waals surface area contributed by atoms with Crippen molar-refractivity contribution in [3.05, 3.63) is 71.8 Å². The molecule has 2 bridgehead atoms. The highest BCUT2D eigenvalue weighted by molar-refractivity contribution is 5.32. The zero-order chi connectivity index (χ0) is 12.8. The van der Waals surface area contributed by atoms with Crippen molar-refractivity contribution in [3.8, 4) is 0 Å². The minimum atomic E-state index is -0.0307. The number of hydrogen-bond acceptors (Lipinski definition) is 1. The van der Waals surface area contributed by atoms with E-state index in [2.05, 4.69) is 60.7 Å². The Kier molecular flexibility index (Phi) is 2.33. The average Bonchev–Trinajstić information content (AvgIpc) is 3.08. The second kappa shape index (κ2) is 3.94. The fraction of sp³-hybridized carbons (Fsp3) is 0.333. The zero-order valence-corrected chi connectivity index (χ0v) is 11.0. The van der Waals surface area contributed by atoms with Crippen molar-refractivity contribution >= 4 is 0 Å². The number of fused-ring (bicyclic) bond motifs is 2. The summed E-state index contributed by atoms with van der Waals surface area (Å²) in [6.45, 7) is 0. The van der Waals surface area contributed by atoms with E-state index in [1.54, 1.807) is 0 Å². The summed E-state index contributed by atoms with van der Waals surface area (Å²) in [5.74, 6) is 0. The molecule has 2 aromatic carbocycles. The van der Waals surface area contributed by atoms with Crippen LogP contribution in [0, 0.1) is 0 Å². The van der Waals surface area contributed by atoms with Crippen LogP contribution in [0.3, 0.4) is 0 Å². The molecule has 0 N–H and O–H groups in total. The molecule has 2 saturated heterocycles. The van der Waals surface area contributed by atoms with Crippen molar-refractivity contribution in [2.24, 2.45) is 0 Å². The van der Waals surface area contributed by atoms with E-state index in [0.717, 1.165) is 25.7 Å². The van der Waals surface area contributed by atoms with E-state index in [4.69, 9.17) is 4.74 Å². The van der Waals surface area contributed by atoms with Gasteiger partial charge in [0.2, 0.25) is 0 Å². The van der Waals surface area contributed by atoms with E-state index in [9.17, 15) is 0 Å². The van der Waals surface area contributed by atoms with Gasteiger partial charge < -0.3 is 4.74 Å². The van der Waals surface area contributed by atoms with Crippen molar-refractivity contribution in [1.82, 2.24) is 0 Å². The number of hydrogen-bond donors (Lipinski definition) is 0. The summed E-state index contributed by atoms with van der Waals surface area (Å²) in [4.78, 5) is 0. The van der Waals surface area contributed by atoms with Crippen LogP contribution in [0.15, 0.2) is 60.7 Å². The van der Waals surface area contributed by atoms with Gasteiger partial charge in [0.05, 0.1) is 11.2 Å². The first-order chi connectivity index (χ1) is 9.33. The average molecular weight is 250 g/mol. The topological polar surface area (TPSA) is 9.23 Å². The summed E-state index contributed by atoms with van der Waals surface area (Å²) in [5.41, 5.74) is 2.64. The second-order valence-corrected chi connectivity index (χ2v) is 5.82. The monoisotopic (exact) mass is 250 g/mol. The van der Waals surface area contributed by atoms with E-state index < -0.39 is 0 Å². The summed E-state index contributed by atoms with van der Waals surface area (Å²) in [7, 11) is 0. The van der Waals surface area contributed by atoms with Crippen LogP contribution in [-0.2, 0) is 15.9 Å². The Morgan fingerprint density at radius 1 is 0.579 bits per heavy atom. The largest absolute Gasteiger partial charge is 0.359 e. The summed E-state index contributed by atoms with van der Waals surface area (Å²) < 4.78 is 6.62. The second-order valence-electron chi connectivity index (χ2n) is 5.82. The maximum atomic E-state index is 6.62. The molecule has 2 fully saturated rings. The Bertz CT molecular complexity index is 512. The molecule has 2 aliphatic heterocycles. The first-order valence-electron chi connectivity index (χ1n) is 7.14. The zero-order valence-electron chi connectivity index (χ0n) is 11.0. The lowest BCUT2D eigenvalue weighted by Gasteiger charge is -2.25. The predicted molar refractivity (Wildman–Crippen MR) is 75.8 cm³/mol. The lowest BCUT2D eigenvalue weighted by molar-refractivity contribution is -0.0551. The third kappa shape index (κ3) is 1.58. The van der Waals surface area contributed by atoms with Crippen molar-refractivity contribution in [3.63, 3.8) is 0 Å². The normalized spacial score (nSPS) is 32.6. The Morgan fingerprint density at radius 2 is 0.947 bits per heavy atom. The van der Waals surface area contributed by atoms with Gasteiger partial charge in [-0.1, -0.05) is 60.7 Å². The fourth-order valence-corrected chi connectivity index (χ4v) is 3.81. The Labute approximate surface area is 114 Å². The summed E-state index contributed by atoms with van der Waals surface area (Å²) >= 11 is 0. The van der Waals surface area contributed by atoms with Gasteiger partial charge in [0.1, 0.15) is 0 Å². The smallest absolute Gasteiger partial charge is 0.0945 e. The summed E-state index contributed by atoms with van der Waals surface area (Å²) in [6.07, 6.45) is 4.58. The number of rotatable bonds is 2. The van der Waals surface area contributed by atoms with Gasteiger partial charge in [0, 0.05) is 0 Å². The van der Waals surface area contributed by atoms with E-state index in [1.807, 2.05) is 0 Å². The van der Waals surface area contributed by atoms with Gasteiger partial charge in [-0.15, -0.1) is 0 Å². The summed E-state index contributed by atoms with van der Waals surface area (Å²) in [6, 6.07) is 21.5. The van der Waals surface area contributed by atoms with Crippen LogP contribution in [0.5, 0.6) is 0 Å². The van der Waals surface area contributed by atoms with E-state index >= 15 is 0 Å². The first kappa shape index (κ1) is 11.2. The molecule has 1 heteroatoms. The highest BCUT2D eigenvalue weighted by atomic mass is 16.5. The lowest BCUT2D eigenvalue weighted by atomic mass is 9.76. The molecule has 0 spiro atoms. The number of benzene rings is 2. The van der Waals surface area contributed by atoms with Crippen molar-refractivity contribution in [2.75, 3.05) is 0 Å². The molecular formula is C18H18O. The molecular weight excluding hydrogens is 232 g/mol. The molecule has 19 heavy (non-hydrogen) atoms. The van der Waals surface area contributed by atoms with Crippen LogP contribution in [0.25, 0.3) is 0 Å². The van der Waals surface area contributed by atoms with Crippen LogP contribution in [-0.4, -0.2) is 0 Å². The molecule has 0 atom stereocenters. The molecule has 0 amide bonds. The first-order valence-corrected chi connectivity index (χ1v) is 7.14. The maximum Gasteiger partial charge on any atom is 0.0945 e. The molecule has 2 heterocycles. The molecule has 2 aromatic rings. The maximum absolute atomic E-state index is 6.62. The van der Waals surface area contributed by atoms with Crippen LogP contribution in [0.4, 0.5) is 0 Å². The molecule has 0 aromatic heterocycles. The Hall–Kier alpha value is -1.60. The van der Waals surface area contributed by atoms with Gasteiger partial charge in [-0.2, -0.15) is 0 Å². The van der Waals surface area contributed by atoms with Crippen molar-refractivity contribution in [2.45, 2.75) is 36.9 Å². The van der Waals surface area contributed by atoms with Crippen molar-refractivity contribution < 1.29 is 4.74 Å². The molecule has 1 nitrogen and oxygen atoms in total. The third-order valence-corrected chi connectivity index (χ3v) is 4.86. The number of ether oxygens (including phenoxy) is 1. The van der Waals surface area contributed by atoms with Crippen molar-refractivity contribution in [1.29, 1.82) is 0 Å². The molecule has 0 saturated carbocycles. The van der Waals surface area contributed by atoms with Gasteiger partial charge >= 0.3 is 0 Å². The highest BCUT2D eigenvalue weighted by Crippen LogP contribution is 2.60. The Morgan fingerprint density at radius 3 is 1.32 bits per heavy atom. The van der Waals surface area contributed by atoms with Crippen LogP contribution in [0.2, 0.25) is 0 Å². The molecule has 2 aliphatic rings. The van der Waals surface area contributed by atoms with Gasteiger partial charge in [0.15, 0.2) is 0 Å².